The smallest absolute Gasteiger partial charge is 0.258 e. The Hall–Kier alpha value is -3.15. The molecule has 6 heteroatoms. The van der Waals surface area contributed by atoms with Gasteiger partial charge in [0.15, 0.2) is 6.61 Å². The largest absolute Gasteiger partial charge is 0.484 e. The van der Waals surface area contributed by atoms with E-state index in [4.69, 9.17) is 4.74 Å². The van der Waals surface area contributed by atoms with E-state index in [1.54, 1.807) is 11.0 Å². The lowest BCUT2D eigenvalue weighted by molar-refractivity contribution is -0.123. The third-order valence-electron chi connectivity index (χ3n) is 4.13. The highest BCUT2D eigenvalue weighted by atomic mass is 16.5. The van der Waals surface area contributed by atoms with Crippen LogP contribution in [-0.4, -0.2) is 27.3 Å². The molecule has 0 fully saturated rings. The van der Waals surface area contributed by atoms with E-state index in [2.05, 4.69) is 22.3 Å². The van der Waals surface area contributed by atoms with Crippen LogP contribution in [0, 0.1) is 0 Å². The zero-order valence-electron chi connectivity index (χ0n) is 14.9. The van der Waals surface area contributed by atoms with Gasteiger partial charge in [0, 0.05) is 0 Å². The van der Waals surface area contributed by atoms with E-state index in [-0.39, 0.29) is 18.6 Å². The van der Waals surface area contributed by atoms with Crippen molar-refractivity contribution < 1.29 is 9.53 Å². The monoisotopic (exact) mass is 350 g/mol. The van der Waals surface area contributed by atoms with Crippen LogP contribution in [-0.2, 0) is 11.2 Å². The lowest BCUT2D eigenvalue weighted by Gasteiger charge is -2.15. The summed E-state index contributed by atoms with van der Waals surface area (Å²) in [5.74, 6) is 0.559. The Labute approximate surface area is 152 Å². The first-order valence-electron chi connectivity index (χ1n) is 8.61. The molecule has 2 aromatic carbocycles. The summed E-state index contributed by atoms with van der Waals surface area (Å²) in [7, 11) is 0. The number of ether oxygens (including phenoxy) is 1. The molecule has 0 bridgehead atoms. The molecule has 0 saturated heterocycles. The molecule has 134 valence electrons. The number of hydrogen-bond donors (Lipinski definition) is 1. The number of carbonyl (C=O) groups excluding carboxylic acids is 1. The van der Waals surface area contributed by atoms with Crippen LogP contribution in [0.4, 0.5) is 0 Å². The van der Waals surface area contributed by atoms with Gasteiger partial charge in [0.2, 0.25) is 0 Å². The Kier molecular flexibility index (Phi) is 5.63. The Morgan fingerprint density at radius 1 is 1.23 bits per heavy atom. The summed E-state index contributed by atoms with van der Waals surface area (Å²) in [5, 5.41) is 7.04. The second kappa shape index (κ2) is 8.29. The summed E-state index contributed by atoms with van der Waals surface area (Å²) in [4.78, 5) is 16.1. The summed E-state index contributed by atoms with van der Waals surface area (Å²) in [6.07, 6.45) is 4.07. The number of hydrogen-bond acceptors (Lipinski definition) is 4. The van der Waals surface area contributed by atoms with Gasteiger partial charge in [-0.2, -0.15) is 5.10 Å². The molecule has 26 heavy (non-hydrogen) atoms. The lowest BCUT2D eigenvalue weighted by Crippen LogP contribution is -2.31. The molecule has 0 saturated carbocycles. The fraction of sp³-hybridized carbons (Fsp3) is 0.250. The Morgan fingerprint density at radius 2 is 2.04 bits per heavy atom. The maximum absolute atomic E-state index is 12.1. The van der Waals surface area contributed by atoms with Crippen LogP contribution in [0.1, 0.15) is 31.0 Å². The maximum atomic E-state index is 12.1. The summed E-state index contributed by atoms with van der Waals surface area (Å²) in [5.41, 5.74) is 3.11. The topological polar surface area (TPSA) is 69.0 Å². The van der Waals surface area contributed by atoms with E-state index in [0.29, 0.717) is 5.75 Å². The van der Waals surface area contributed by atoms with Crippen LogP contribution in [0.25, 0.3) is 5.69 Å². The van der Waals surface area contributed by atoms with Crippen molar-refractivity contribution in [3.05, 3.63) is 72.3 Å². The van der Waals surface area contributed by atoms with Crippen molar-refractivity contribution in [1.29, 1.82) is 0 Å². The van der Waals surface area contributed by atoms with Gasteiger partial charge in [-0.25, -0.2) is 9.67 Å². The third-order valence-corrected chi connectivity index (χ3v) is 4.13. The predicted molar refractivity (Wildman–Crippen MR) is 99.2 cm³/mol. The summed E-state index contributed by atoms with van der Waals surface area (Å²) < 4.78 is 7.27. The van der Waals surface area contributed by atoms with Crippen molar-refractivity contribution in [3.8, 4) is 11.4 Å². The van der Waals surface area contributed by atoms with Crippen molar-refractivity contribution in [2.75, 3.05) is 6.61 Å². The minimum absolute atomic E-state index is 0.00541. The van der Waals surface area contributed by atoms with E-state index < -0.39 is 0 Å². The SMILES string of the molecule is CCc1cccc(OCC(=O)N[C@H](C)c2ccc(-n3cncn3)cc2)c1. The second-order valence-electron chi connectivity index (χ2n) is 6.01. The van der Waals surface area contributed by atoms with E-state index in [0.717, 1.165) is 17.7 Å². The number of rotatable bonds is 7. The maximum Gasteiger partial charge on any atom is 0.258 e. The first-order valence-corrected chi connectivity index (χ1v) is 8.61. The minimum atomic E-state index is -0.153. The molecular weight excluding hydrogens is 328 g/mol. The van der Waals surface area contributed by atoms with Crippen LogP contribution in [0.5, 0.6) is 5.75 Å². The number of nitrogens with one attached hydrogen (secondary N) is 1. The number of benzene rings is 2. The highest BCUT2D eigenvalue weighted by Gasteiger charge is 2.10. The van der Waals surface area contributed by atoms with Crippen LogP contribution in [0.3, 0.4) is 0 Å². The van der Waals surface area contributed by atoms with Gasteiger partial charge >= 0.3 is 0 Å². The molecule has 3 aromatic rings. The molecule has 0 spiro atoms. The van der Waals surface area contributed by atoms with Gasteiger partial charge in [-0.3, -0.25) is 4.79 Å². The molecule has 3 rings (SSSR count). The number of nitrogens with zero attached hydrogens (tertiary/aromatic N) is 3. The quantitative estimate of drug-likeness (QED) is 0.711. The molecule has 0 unspecified atom stereocenters. The van der Waals surface area contributed by atoms with Gasteiger partial charge < -0.3 is 10.1 Å². The van der Waals surface area contributed by atoms with Crippen molar-refractivity contribution in [1.82, 2.24) is 20.1 Å². The van der Waals surface area contributed by atoms with Crippen molar-refractivity contribution >= 4 is 5.91 Å². The molecular formula is C20H22N4O2. The van der Waals surface area contributed by atoms with Crippen molar-refractivity contribution in [2.45, 2.75) is 26.3 Å². The van der Waals surface area contributed by atoms with Gasteiger partial charge in [0.1, 0.15) is 18.4 Å². The van der Waals surface area contributed by atoms with E-state index in [1.165, 1.54) is 11.9 Å². The van der Waals surface area contributed by atoms with Gasteiger partial charge in [-0.1, -0.05) is 31.2 Å². The fourth-order valence-electron chi connectivity index (χ4n) is 2.63. The lowest BCUT2D eigenvalue weighted by atomic mass is 10.1. The van der Waals surface area contributed by atoms with Gasteiger partial charge in [-0.15, -0.1) is 0 Å². The van der Waals surface area contributed by atoms with Crippen molar-refractivity contribution in [3.63, 3.8) is 0 Å². The average Bonchev–Trinajstić information content (AvgIpc) is 3.21. The molecule has 0 radical (unpaired) electrons. The van der Waals surface area contributed by atoms with Crippen LogP contribution < -0.4 is 10.1 Å². The Balaban J connectivity index is 1.53. The van der Waals surface area contributed by atoms with Gasteiger partial charge in [0.05, 0.1) is 11.7 Å². The first kappa shape index (κ1) is 17.7. The number of amides is 1. The zero-order chi connectivity index (χ0) is 18.4. The Bertz CT molecular complexity index is 845. The van der Waals surface area contributed by atoms with Gasteiger partial charge in [-0.05, 0) is 48.7 Å². The summed E-state index contributed by atoms with van der Waals surface area (Å²) in [6.45, 7) is 4.02. The summed E-state index contributed by atoms with van der Waals surface area (Å²) >= 11 is 0. The van der Waals surface area contributed by atoms with E-state index >= 15 is 0 Å². The number of aromatic nitrogens is 3. The molecule has 1 aromatic heterocycles. The Morgan fingerprint density at radius 3 is 2.73 bits per heavy atom. The normalized spacial score (nSPS) is 11.8. The second-order valence-corrected chi connectivity index (χ2v) is 6.01. The molecule has 1 N–H and O–H groups in total. The minimum Gasteiger partial charge on any atom is -0.484 e. The zero-order valence-corrected chi connectivity index (χ0v) is 14.9. The summed E-state index contributed by atoms with van der Waals surface area (Å²) in [6, 6.07) is 15.5. The molecule has 0 aliphatic carbocycles. The molecule has 0 aliphatic heterocycles. The van der Waals surface area contributed by atoms with Gasteiger partial charge in [0.25, 0.3) is 5.91 Å². The fourth-order valence-corrected chi connectivity index (χ4v) is 2.63. The highest BCUT2D eigenvalue weighted by Crippen LogP contribution is 2.16. The molecule has 0 aliphatic rings. The number of aryl methyl sites for hydroxylation is 1. The molecule has 6 nitrogen and oxygen atoms in total. The molecule has 1 heterocycles. The number of carbonyl (C=O) groups is 1. The molecule has 1 atom stereocenters. The third kappa shape index (κ3) is 4.47. The van der Waals surface area contributed by atoms with Crippen molar-refractivity contribution in [2.24, 2.45) is 0 Å². The highest BCUT2D eigenvalue weighted by molar-refractivity contribution is 5.78. The predicted octanol–water partition coefficient (Wildman–Crippen LogP) is 3.09. The standard InChI is InChI=1S/C20H22N4O2/c1-3-16-5-4-6-19(11-16)26-12-20(25)23-15(2)17-7-9-18(10-8-17)24-14-21-13-22-24/h4-11,13-15H,3,12H2,1-2H3,(H,23,25)/t15-/m1/s1. The van der Waals surface area contributed by atoms with Crippen LogP contribution in [0.2, 0.25) is 0 Å². The van der Waals surface area contributed by atoms with Crippen LogP contribution >= 0.6 is 0 Å². The molecule has 1 amide bonds. The van der Waals surface area contributed by atoms with E-state index in [1.807, 2.05) is 55.5 Å². The average molecular weight is 350 g/mol. The first-order chi connectivity index (χ1) is 12.7. The van der Waals surface area contributed by atoms with E-state index in [9.17, 15) is 4.79 Å². The van der Waals surface area contributed by atoms with Crippen LogP contribution in [0.15, 0.2) is 61.2 Å².